The zero-order valence-corrected chi connectivity index (χ0v) is 10.6. The van der Waals surface area contributed by atoms with Gasteiger partial charge in [0.2, 0.25) is 0 Å². The quantitative estimate of drug-likeness (QED) is 0.879. The SMILES string of the molecule is CC(C)Cc1ccc(-c2c(N)cnn2C)cc1. The molecule has 0 fully saturated rings. The van der Waals surface area contributed by atoms with Crippen molar-refractivity contribution in [1.29, 1.82) is 0 Å². The molecular formula is C14H19N3. The van der Waals surface area contributed by atoms with Gasteiger partial charge in [-0.05, 0) is 17.9 Å². The molecule has 0 radical (unpaired) electrons. The van der Waals surface area contributed by atoms with Crippen molar-refractivity contribution in [3.05, 3.63) is 36.0 Å². The molecule has 3 heteroatoms. The van der Waals surface area contributed by atoms with Gasteiger partial charge in [0, 0.05) is 12.6 Å². The van der Waals surface area contributed by atoms with Crippen molar-refractivity contribution in [3.63, 3.8) is 0 Å². The molecule has 0 aliphatic rings. The molecule has 2 aromatic rings. The van der Waals surface area contributed by atoms with Gasteiger partial charge in [0.25, 0.3) is 0 Å². The minimum atomic E-state index is 0.683. The number of nitrogens with zero attached hydrogens (tertiary/aromatic N) is 2. The Labute approximate surface area is 102 Å². The summed E-state index contributed by atoms with van der Waals surface area (Å²) in [5.74, 6) is 0.683. The molecule has 0 saturated heterocycles. The van der Waals surface area contributed by atoms with Crippen LogP contribution in [0.25, 0.3) is 11.3 Å². The van der Waals surface area contributed by atoms with Gasteiger partial charge in [-0.25, -0.2) is 0 Å². The zero-order valence-electron chi connectivity index (χ0n) is 10.6. The normalized spacial score (nSPS) is 11.1. The van der Waals surface area contributed by atoms with Gasteiger partial charge >= 0.3 is 0 Å². The molecule has 2 N–H and O–H groups in total. The molecule has 3 nitrogen and oxygen atoms in total. The minimum Gasteiger partial charge on any atom is -0.396 e. The topological polar surface area (TPSA) is 43.8 Å². The molecule has 2 rings (SSSR count). The van der Waals surface area contributed by atoms with Gasteiger partial charge in [0.05, 0.1) is 17.6 Å². The molecular weight excluding hydrogens is 210 g/mol. The molecule has 1 heterocycles. The van der Waals surface area contributed by atoms with E-state index in [1.165, 1.54) is 5.56 Å². The lowest BCUT2D eigenvalue weighted by atomic mass is 10.0. The molecule has 1 aromatic carbocycles. The first-order chi connectivity index (χ1) is 8.08. The highest BCUT2D eigenvalue weighted by molar-refractivity contribution is 5.72. The van der Waals surface area contributed by atoms with Crippen LogP contribution in [0.15, 0.2) is 30.5 Å². The van der Waals surface area contributed by atoms with Gasteiger partial charge in [0.1, 0.15) is 0 Å². The zero-order chi connectivity index (χ0) is 12.4. The minimum absolute atomic E-state index is 0.683. The average Bonchev–Trinajstić information content (AvgIpc) is 2.59. The Morgan fingerprint density at radius 2 is 1.88 bits per heavy atom. The van der Waals surface area contributed by atoms with Crippen molar-refractivity contribution >= 4 is 5.69 Å². The number of benzene rings is 1. The van der Waals surface area contributed by atoms with Crippen molar-refractivity contribution in [2.45, 2.75) is 20.3 Å². The lowest BCUT2D eigenvalue weighted by molar-refractivity contribution is 0.647. The number of hydrogen-bond donors (Lipinski definition) is 1. The third-order valence-corrected chi connectivity index (χ3v) is 2.84. The maximum atomic E-state index is 5.91. The van der Waals surface area contributed by atoms with Crippen molar-refractivity contribution in [2.24, 2.45) is 13.0 Å². The maximum Gasteiger partial charge on any atom is 0.0908 e. The van der Waals surface area contributed by atoms with Crippen molar-refractivity contribution in [3.8, 4) is 11.3 Å². The van der Waals surface area contributed by atoms with Crippen LogP contribution in [-0.4, -0.2) is 9.78 Å². The second kappa shape index (κ2) is 4.62. The monoisotopic (exact) mass is 229 g/mol. The number of anilines is 1. The van der Waals surface area contributed by atoms with Gasteiger partial charge in [-0.15, -0.1) is 0 Å². The molecule has 0 unspecified atom stereocenters. The van der Waals surface area contributed by atoms with E-state index in [4.69, 9.17) is 5.73 Å². The number of aromatic nitrogens is 2. The molecule has 0 spiro atoms. The average molecular weight is 229 g/mol. The smallest absolute Gasteiger partial charge is 0.0908 e. The van der Waals surface area contributed by atoms with Crippen molar-refractivity contribution < 1.29 is 0 Å². The number of nitrogens with two attached hydrogens (primary N) is 1. The van der Waals surface area contributed by atoms with Crippen LogP contribution in [0, 0.1) is 5.92 Å². The summed E-state index contributed by atoms with van der Waals surface area (Å²) in [5.41, 5.74) is 10.1. The molecule has 0 amide bonds. The molecule has 17 heavy (non-hydrogen) atoms. The van der Waals surface area contributed by atoms with E-state index in [2.05, 4.69) is 43.2 Å². The molecule has 0 atom stereocenters. The summed E-state index contributed by atoms with van der Waals surface area (Å²) in [6, 6.07) is 8.57. The maximum absolute atomic E-state index is 5.91. The van der Waals surface area contributed by atoms with Crippen LogP contribution in [0.2, 0.25) is 0 Å². The Bertz CT molecular complexity index is 475. The Hall–Kier alpha value is -1.77. The summed E-state index contributed by atoms with van der Waals surface area (Å²) in [5, 5.41) is 4.16. The third-order valence-electron chi connectivity index (χ3n) is 2.84. The number of nitrogen functional groups attached to an aromatic ring is 1. The highest BCUT2D eigenvalue weighted by Gasteiger charge is 2.08. The Kier molecular flexibility index (Phi) is 3.18. The van der Waals surface area contributed by atoms with Crippen molar-refractivity contribution in [2.75, 3.05) is 5.73 Å². The van der Waals surface area contributed by atoms with Gasteiger partial charge < -0.3 is 5.73 Å². The largest absolute Gasteiger partial charge is 0.396 e. The van der Waals surface area contributed by atoms with E-state index in [0.29, 0.717) is 5.92 Å². The Balaban J connectivity index is 2.30. The van der Waals surface area contributed by atoms with Crippen LogP contribution in [-0.2, 0) is 13.5 Å². The molecule has 90 valence electrons. The second-order valence-electron chi connectivity index (χ2n) is 4.87. The molecule has 0 aliphatic heterocycles. The molecule has 1 aromatic heterocycles. The van der Waals surface area contributed by atoms with E-state index >= 15 is 0 Å². The van der Waals surface area contributed by atoms with Crippen LogP contribution < -0.4 is 5.73 Å². The first-order valence-corrected chi connectivity index (χ1v) is 5.94. The lowest BCUT2D eigenvalue weighted by Gasteiger charge is -2.07. The molecule has 0 saturated carbocycles. The fraction of sp³-hybridized carbons (Fsp3) is 0.357. The van der Waals surface area contributed by atoms with Crippen LogP contribution >= 0.6 is 0 Å². The van der Waals surface area contributed by atoms with Gasteiger partial charge in [-0.3, -0.25) is 4.68 Å². The van der Waals surface area contributed by atoms with Gasteiger partial charge in [-0.2, -0.15) is 5.10 Å². The number of rotatable bonds is 3. The Morgan fingerprint density at radius 1 is 1.24 bits per heavy atom. The molecule has 0 bridgehead atoms. The van der Waals surface area contributed by atoms with E-state index in [-0.39, 0.29) is 0 Å². The predicted octanol–water partition coefficient (Wildman–Crippen LogP) is 2.87. The van der Waals surface area contributed by atoms with Crippen molar-refractivity contribution in [1.82, 2.24) is 9.78 Å². The van der Waals surface area contributed by atoms with E-state index in [9.17, 15) is 0 Å². The fourth-order valence-corrected chi connectivity index (χ4v) is 2.08. The highest BCUT2D eigenvalue weighted by Crippen LogP contribution is 2.25. The highest BCUT2D eigenvalue weighted by atomic mass is 15.3. The second-order valence-corrected chi connectivity index (χ2v) is 4.87. The van der Waals surface area contributed by atoms with Gasteiger partial charge in [-0.1, -0.05) is 38.1 Å². The first kappa shape index (κ1) is 11.7. The van der Waals surface area contributed by atoms with E-state index in [0.717, 1.165) is 23.4 Å². The summed E-state index contributed by atoms with van der Waals surface area (Å²) in [6.45, 7) is 4.46. The standard InChI is InChI=1S/C14H19N3/c1-10(2)8-11-4-6-12(7-5-11)14-13(15)9-16-17(14)3/h4-7,9-10H,8,15H2,1-3H3. The summed E-state index contributed by atoms with van der Waals surface area (Å²) in [6.07, 6.45) is 2.80. The summed E-state index contributed by atoms with van der Waals surface area (Å²) >= 11 is 0. The van der Waals surface area contributed by atoms with E-state index < -0.39 is 0 Å². The van der Waals surface area contributed by atoms with Crippen LogP contribution in [0.3, 0.4) is 0 Å². The summed E-state index contributed by atoms with van der Waals surface area (Å²) in [7, 11) is 1.91. The summed E-state index contributed by atoms with van der Waals surface area (Å²) < 4.78 is 1.81. The molecule has 0 aliphatic carbocycles. The summed E-state index contributed by atoms with van der Waals surface area (Å²) in [4.78, 5) is 0. The van der Waals surface area contributed by atoms with Gasteiger partial charge in [0.15, 0.2) is 0 Å². The van der Waals surface area contributed by atoms with E-state index in [1.54, 1.807) is 6.20 Å². The van der Waals surface area contributed by atoms with E-state index in [1.807, 2.05) is 11.7 Å². The van der Waals surface area contributed by atoms with Crippen LogP contribution in [0.1, 0.15) is 19.4 Å². The fourth-order valence-electron chi connectivity index (χ4n) is 2.08. The lowest BCUT2D eigenvalue weighted by Crippen LogP contribution is -1.97. The third kappa shape index (κ3) is 2.49. The van der Waals surface area contributed by atoms with Crippen LogP contribution in [0.4, 0.5) is 5.69 Å². The van der Waals surface area contributed by atoms with Crippen LogP contribution in [0.5, 0.6) is 0 Å². The Morgan fingerprint density at radius 3 is 2.35 bits per heavy atom. The predicted molar refractivity (Wildman–Crippen MR) is 71.6 cm³/mol. The number of hydrogen-bond acceptors (Lipinski definition) is 2. The number of aryl methyl sites for hydroxylation is 1. The first-order valence-electron chi connectivity index (χ1n) is 5.94.